The van der Waals surface area contributed by atoms with Gasteiger partial charge in [0.25, 0.3) is 0 Å². The fraction of sp³-hybridized carbons (Fsp3) is 0.238. The van der Waals surface area contributed by atoms with E-state index in [1.54, 1.807) is 16.9 Å². The van der Waals surface area contributed by atoms with E-state index < -0.39 is 0 Å². The smallest absolute Gasteiger partial charge is 0.225 e. The van der Waals surface area contributed by atoms with Gasteiger partial charge in [0.2, 0.25) is 5.91 Å². The third-order valence-electron chi connectivity index (χ3n) is 4.48. The summed E-state index contributed by atoms with van der Waals surface area (Å²) in [4.78, 5) is 12.4. The highest BCUT2D eigenvalue weighted by Gasteiger charge is 2.13. The van der Waals surface area contributed by atoms with Crippen LogP contribution in [0.1, 0.15) is 17.5 Å². The van der Waals surface area contributed by atoms with Crippen LogP contribution in [0.2, 0.25) is 5.02 Å². The van der Waals surface area contributed by atoms with Gasteiger partial charge in [-0.3, -0.25) is 4.79 Å². The molecule has 2 heterocycles. The number of halogens is 1. The molecule has 3 aromatic rings. The van der Waals surface area contributed by atoms with Crippen LogP contribution in [0.25, 0.3) is 0 Å². The number of aryl methyl sites for hydroxylation is 1. The number of carbonyl (C=O) groups excluding carboxylic acids is 1. The van der Waals surface area contributed by atoms with Crippen molar-refractivity contribution in [3.8, 4) is 11.5 Å². The number of amides is 1. The molecular weight excluding hydrogens is 378 g/mol. The van der Waals surface area contributed by atoms with Gasteiger partial charge in [-0.15, -0.1) is 0 Å². The molecule has 1 amide bonds. The largest absolute Gasteiger partial charge is 0.486 e. The Kier molecular flexibility index (Phi) is 5.48. The monoisotopic (exact) mass is 397 g/mol. The molecule has 0 saturated heterocycles. The van der Waals surface area contributed by atoms with Crippen molar-refractivity contribution < 1.29 is 14.3 Å². The van der Waals surface area contributed by atoms with Crippen LogP contribution < -0.4 is 14.8 Å². The van der Waals surface area contributed by atoms with E-state index in [4.69, 9.17) is 21.1 Å². The summed E-state index contributed by atoms with van der Waals surface area (Å²) in [6, 6.07) is 15.1. The van der Waals surface area contributed by atoms with Crippen LogP contribution in [-0.4, -0.2) is 28.9 Å². The standard InChI is InChI=1S/C21H20ClN3O3/c22-17-5-1-16(2-6-17)14-25-20(9-10-23-25)24-21(26)8-4-15-3-7-18-19(13-15)28-12-11-27-18/h1-3,5-7,9-10,13H,4,8,11-12,14H2,(H,24,26). The van der Waals surface area contributed by atoms with Gasteiger partial charge in [-0.25, -0.2) is 4.68 Å². The van der Waals surface area contributed by atoms with E-state index in [9.17, 15) is 4.79 Å². The Labute approximate surface area is 168 Å². The van der Waals surface area contributed by atoms with Crippen LogP contribution in [-0.2, 0) is 17.8 Å². The molecule has 0 saturated carbocycles. The molecule has 2 aromatic carbocycles. The Balaban J connectivity index is 1.34. The zero-order chi connectivity index (χ0) is 19.3. The molecule has 144 valence electrons. The van der Waals surface area contributed by atoms with Crippen molar-refractivity contribution >= 4 is 23.3 Å². The van der Waals surface area contributed by atoms with Crippen LogP contribution in [0.15, 0.2) is 54.7 Å². The first kappa shape index (κ1) is 18.4. The number of fused-ring (bicyclic) bond motifs is 1. The molecule has 0 fully saturated rings. The predicted molar refractivity (Wildman–Crippen MR) is 107 cm³/mol. The number of ether oxygens (including phenoxy) is 2. The molecule has 1 aliphatic heterocycles. The van der Waals surface area contributed by atoms with Gasteiger partial charge in [-0.1, -0.05) is 29.8 Å². The van der Waals surface area contributed by atoms with Gasteiger partial charge in [0.1, 0.15) is 19.0 Å². The number of nitrogens with one attached hydrogen (secondary N) is 1. The van der Waals surface area contributed by atoms with Crippen LogP contribution in [0.4, 0.5) is 5.82 Å². The van der Waals surface area contributed by atoms with Crippen LogP contribution >= 0.6 is 11.6 Å². The van der Waals surface area contributed by atoms with E-state index in [1.807, 2.05) is 42.5 Å². The van der Waals surface area contributed by atoms with Crippen molar-refractivity contribution in [1.29, 1.82) is 0 Å². The number of rotatable bonds is 6. The first-order valence-corrected chi connectivity index (χ1v) is 9.50. The summed E-state index contributed by atoms with van der Waals surface area (Å²) in [5.41, 5.74) is 2.09. The number of aromatic nitrogens is 2. The molecule has 0 atom stereocenters. The van der Waals surface area contributed by atoms with Gasteiger partial charge < -0.3 is 14.8 Å². The van der Waals surface area contributed by atoms with Gasteiger partial charge in [0.15, 0.2) is 11.5 Å². The van der Waals surface area contributed by atoms with E-state index in [1.165, 1.54) is 0 Å². The first-order valence-electron chi connectivity index (χ1n) is 9.12. The lowest BCUT2D eigenvalue weighted by atomic mass is 10.1. The molecule has 4 rings (SSSR count). The van der Waals surface area contributed by atoms with Crippen LogP contribution in [0.3, 0.4) is 0 Å². The molecule has 1 N–H and O–H groups in total. The number of benzene rings is 2. The van der Waals surface area contributed by atoms with Gasteiger partial charge in [-0.05, 0) is 41.8 Å². The molecular formula is C21H20ClN3O3. The Bertz CT molecular complexity index is 969. The topological polar surface area (TPSA) is 65.4 Å². The second kappa shape index (κ2) is 8.35. The quantitative estimate of drug-likeness (QED) is 0.684. The van der Waals surface area contributed by atoms with Crippen molar-refractivity contribution in [3.63, 3.8) is 0 Å². The van der Waals surface area contributed by atoms with Crippen molar-refractivity contribution in [3.05, 3.63) is 70.9 Å². The number of hydrogen-bond donors (Lipinski definition) is 1. The summed E-state index contributed by atoms with van der Waals surface area (Å²) in [7, 11) is 0. The molecule has 0 unspecified atom stereocenters. The zero-order valence-electron chi connectivity index (χ0n) is 15.2. The molecule has 0 bridgehead atoms. The third kappa shape index (κ3) is 4.46. The lowest BCUT2D eigenvalue weighted by Crippen LogP contribution is -2.17. The highest BCUT2D eigenvalue weighted by Crippen LogP contribution is 2.31. The average Bonchev–Trinajstić information content (AvgIpc) is 3.14. The highest BCUT2D eigenvalue weighted by atomic mass is 35.5. The van der Waals surface area contributed by atoms with Gasteiger partial charge in [0, 0.05) is 17.5 Å². The lowest BCUT2D eigenvalue weighted by molar-refractivity contribution is -0.116. The minimum Gasteiger partial charge on any atom is -0.486 e. The average molecular weight is 398 g/mol. The number of nitrogens with zero attached hydrogens (tertiary/aromatic N) is 2. The Morgan fingerprint density at radius 1 is 1.04 bits per heavy atom. The molecule has 1 aliphatic rings. The molecule has 28 heavy (non-hydrogen) atoms. The summed E-state index contributed by atoms with van der Waals surface area (Å²) < 4.78 is 12.9. The Hall–Kier alpha value is -2.99. The Morgan fingerprint density at radius 2 is 1.79 bits per heavy atom. The minimum absolute atomic E-state index is 0.0623. The summed E-state index contributed by atoms with van der Waals surface area (Å²) >= 11 is 5.92. The molecule has 0 spiro atoms. The summed E-state index contributed by atoms with van der Waals surface area (Å²) in [6.07, 6.45) is 2.66. The number of hydrogen-bond acceptors (Lipinski definition) is 4. The fourth-order valence-electron chi connectivity index (χ4n) is 3.03. The van der Waals surface area contributed by atoms with E-state index in [-0.39, 0.29) is 5.91 Å². The van der Waals surface area contributed by atoms with E-state index in [0.717, 1.165) is 22.6 Å². The fourth-order valence-corrected chi connectivity index (χ4v) is 3.16. The molecule has 7 heteroatoms. The van der Waals surface area contributed by atoms with Crippen molar-refractivity contribution in [2.75, 3.05) is 18.5 Å². The van der Waals surface area contributed by atoms with Gasteiger partial charge >= 0.3 is 0 Å². The second-order valence-corrected chi connectivity index (χ2v) is 6.96. The van der Waals surface area contributed by atoms with Crippen molar-refractivity contribution in [2.24, 2.45) is 0 Å². The summed E-state index contributed by atoms with van der Waals surface area (Å²) in [5.74, 6) is 2.10. The van der Waals surface area contributed by atoms with Gasteiger partial charge in [0.05, 0.1) is 12.7 Å². The zero-order valence-corrected chi connectivity index (χ0v) is 16.0. The number of carbonyl (C=O) groups is 1. The van der Waals surface area contributed by atoms with Crippen LogP contribution in [0, 0.1) is 0 Å². The third-order valence-corrected chi connectivity index (χ3v) is 4.73. The van der Waals surface area contributed by atoms with E-state index >= 15 is 0 Å². The van der Waals surface area contributed by atoms with Crippen molar-refractivity contribution in [2.45, 2.75) is 19.4 Å². The van der Waals surface area contributed by atoms with Gasteiger partial charge in [-0.2, -0.15) is 5.10 Å². The maximum atomic E-state index is 12.4. The molecule has 0 radical (unpaired) electrons. The maximum absolute atomic E-state index is 12.4. The molecule has 1 aromatic heterocycles. The number of anilines is 1. The molecule has 0 aliphatic carbocycles. The SMILES string of the molecule is O=C(CCc1ccc2c(c1)OCCO2)Nc1ccnn1Cc1ccc(Cl)cc1. The maximum Gasteiger partial charge on any atom is 0.225 e. The summed E-state index contributed by atoms with van der Waals surface area (Å²) in [5, 5.41) is 7.92. The highest BCUT2D eigenvalue weighted by molar-refractivity contribution is 6.30. The predicted octanol–water partition coefficient (Wildman–Crippen LogP) is 3.93. The Morgan fingerprint density at radius 3 is 2.61 bits per heavy atom. The first-order chi connectivity index (χ1) is 13.7. The van der Waals surface area contributed by atoms with E-state index in [0.29, 0.717) is 43.4 Å². The van der Waals surface area contributed by atoms with Crippen LogP contribution in [0.5, 0.6) is 11.5 Å². The lowest BCUT2D eigenvalue weighted by Gasteiger charge is -2.18. The van der Waals surface area contributed by atoms with E-state index in [2.05, 4.69) is 10.4 Å². The second-order valence-electron chi connectivity index (χ2n) is 6.53. The summed E-state index contributed by atoms with van der Waals surface area (Å²) in [6.45, 7) is 1.68. The normalized spacial score (nSPS) is 12.6. The molecule has 6 nitrogen and oxygen atoms in total. The minimum atomic E-state index is -0.0623. The van der Waals surface area contributed by atoms with Crippen molar-refractivity contribution in [1.82, 2.24) is 9.78 Å².